The first-order valence-electron chi connectivity index (χ1n) is 10.5. The molecule has 0 amide bonds. The van der Waals surface area contributed by atoms with Gasteiger partial charge in [0.1, 0.15) is 5.75 Å². The van der Waals surface area contributed by atoms with Crippen molar-refractivity contribution >= 4 is 5.97 Å². The number of hydrogen-bond acceptors (Lipinski definition) is 5. The van der Waals surface area contributed by atoms with Crippen molar-refractivity contribution in [3.63, 3.8) is 0 Å². The third kappa shape index (κ3) is 10.7. The Labute approximate surface area is 163 Å². The zero-order chi connectivity index (χ0) is 19.9. The van der Waals surface area contributed by atoms with Crippen molar-refractivity contribution in [2.45, 2.75) is 96.8 Å². The molecule has 0 heterocycles. The maximum atomic E-state index is 11.8. The summed E-state index contributed by atoms with van der Waals surface area (Å²) in [6.45, 7) is 2.25. The van der Waals surface area contributed by atoms with Crippen LogP contribution >= 0.6 is 0 Å². The molecule has 27 heavy (non-hydrogen) atoms. The Bertz CT molecular complexity index is 518. The Morgan fingerprint density at radius 2 is 1.15 bits per heavy atom. The molecule has 5 nitrogen and oxygen atoms in total. The molecular formula is C22H36O5. The molecule has 1 aromatic rings. The molecule has 0 unspecified atom stereocenters. The third-order valence-electron chi connectivity index (χ3n) is 4.76. The number of aromatic hydroxyl groups is 3. The number of unbranched alkanes of at least 4 members (excludes halogenated alkanes) is 12. The largest absolute Gasteiger partial charge is 0.504 e. The Morgan fingerprint density at radius 3 is 1.59 bits per heavy atom. The number of rotatable bonds is 15. The monoisotopic (exact) mass is 380 g/mol. The van der Waals surface area contributed by atoms with E-state index in [9.17, 15) is 20.1 Å². The van der Waals surface area contributed by atoms with Gasteiger partial charge in [0, 0.05) is 18.6 Å². The summed E-state index contributed by atoms with van der Waals surface area (Å²) in [5, 5.41) is 28.0. The van der Waals surface area contributed by atoms with Gasteiger partial charge >= 0.3 is 5.97 Å². The standard InChI is InChI=1S/C22H36O5/c1-2-3-4-5-6-7-8-9-10-11-12-13-14-15-21(25)27-18-16-19(23)22(26)20(24)17-18/h16-17,23-24,26H,2-15H2,1H3. The quantitative estimate of drug-likeness (QED) is 0.146. The molecule has 0 bridgehead atoms. The van der Waals surface area contributed by atoms with Crippen LogP contribution in [0.5, 0.6) is 23.0 Å². The molecule has 154 valence electrons. The van der Waals surface area contributed by atoms with Crippen LogP contribution in [0.1, 0.15) is 96.8 Å². The minimum Gasteiger partial charge on any atom is -0.504 e. The fourth-order valence-electron chi connectivity index (χ4n) is 3.11. The Hall–Kier alpha value is -1.91. The predicted octanol–water partition coefficient (Wildman–Crippen LogP) is 6.19. The first-order chi connectivity index (χ1) is 13.0. The van der Waals surface area contributed by atoms with Crippen LogP contribution in [-0.2, 0) is 4.79 Å². The molecule has 0 fully saturated rings. The Kier molecular flexibility index (Phi) is 12.2. The maximum Gasteiger partial charge on any atom is 0.311 e. The minimum absolute atomic E-state index is 0.0301. The highest BCUT2D eigenvalue weighted by molar-refractivity contribution is 5.73. The van der Waals surface area contributed by atoms with E-state index < -0.39 is 23.2 Å². The van der Waals surface area contributed by atoms with Gasteiger partial charge in [-0.3, -0.25) is 4.79 Å². The van der Waals surface area contributed by atoms with Gasteiger partial charge in [-0.25, -0.2) is 0 Å². The maximum absolute atomic E-state index is 11.8. The number of carbonyl (C=O) groups excluding carboxylic acids is 1. The minimum atomic E-state index is -0.619. The number of phenolic OH excluding ortho intramolecular Hbond substituents is 3. The third-order valence-corrected chi connectivity index (χ3v) is 4.76. The van der Waals surface area contributed by atoms with Gasteiger partial charge in [0.25, 0.3) is 0 Å². The number of ether oxygens (including phenoxy) is 1. The summed E-state index contributed by atoms with van der Waals surface area (Å²) >= 11 is 0. The van der Waals surface area contributed by atoms with Crippen LogP contribution in [0.15, 0.2) is 12.1 Å². The van der Waals surface area contributed by atoms with Gasteiger partial charge in [-0.15, -0.1) is 0 Å². The van der Waals surface area contributed by atoms with E-state index in [-0.39, 0.29) is 5.75 Å². The summed E-state index contributed by atoms with van der Waals surface area (Å²) in [4.78, 5) is 11.8. The molecule has 0 radical (unpaired) electrons. The predicted molar refractivity (Wildman–Crippen MR) is 107 cm³/mol. The first kappa shape index (κ1) is 23.1. The van der Waals surface area contributed by atoms with Crippen molar-refractivity contribution in [2.24, 2.45) is 0 Å². The van der Waals surface area contributed by atoms with Crippen molar-refractivity contribution < 1.29 is 24.9 Å². The highest BCUT2D eigenvalue weighted by Gasteiger charge is 2.11. The van der Waals surface area contributed by atoms with E-state index in [1.54, 1.807) is 0 Å². The summed E-state index contributed by atoms with van der Waals surface area (Å²) in [7, 11) is 0. The molecule has 5 heteroatoms. The van der Waals surface area contributed by atoms with E-state index in [4.69, 9.17) is 4.74 Å². The molecule has 0 aromatic heterocycles. The van der Waals surface area contributed by atoms with Gasteiger partial charge in [0.05, 0.1) is 0 Å². The zero-order valence-electron chi connectivity index (χ0n) is 16.7. The van der Waals surface area contributed by atoms with Crippen molar-refractivity contribution in [2.75, 3.05) is 0 Å². The van der Waals surface area contributed by atoms with Crippen LogP contribution in [0.25, 0.3) is 0 Å². The normalized spacial score (nSPS) is 10.9. The lowest BCUT2D eigenvalue weighted by Gasteiger charge is -2.07. The molecule has 0 saturated heterocycles. The molecule has 0 aliphatic carbocycles. The summed E-state index contributed by atoms with van der Waals surface area (Å²) < 4.78 is 5.07. The average molecular weight is 381 g/mol. The van der Waals surface area contributed by atoms with E-state index in [1.807, 2.05) is 0 Å². The van der Waals surface area contributed by atoms with Gasteiger partial charge in [-0.05, 0) is 6.42 Å². The van der Waals surface area contributed by atoms with Crippen molar-refractivity contribution in [1.82, 2.24) is 0 Å². The summed E-state index contributed by atoms with van der Waals surface area (Å²) in [5.41, 5.74) is 0. The smallest absolute Gasteiger partial charge is 0.311 e. The van der Waals surface area contributed by atoms with E-state index in [0.29, 0.717) is 6.42 Å². The number of esters is 1. The molecule has 0 saturated carbocycles. The van der Waals surface area contributed by atoms with Crippen LogP contribution in [0, 0.1) is 0 Å². The van der Waals surface area contributed by atoms with Crippen LogP contribution in [0.3, 0.4) is 0 Å². The number of carbonyl (C=O) groups is 1. The molecule has 0 aliphatic heterocycles. The Balaban J connectivity index is 1.97. The molecule has 3 N–H and O–H groups in total. The van der Waals surface area contributed by atoms with Crippen LogP contribution in [0.4, 0.5) is 0 Å². The second kappa shape index (κ2) is 14.2. The number of phenols is 3. The van der Waals surface area contributed by atoms with Gasteiger partial charge in [0.15, 0.2) is 11.5 Å². The van der Waals surface area contributed by atoms with Gasteiger partial charge in [-0.1, -0.05) is 84.0 Å². The number of hydrogen-bond donors (Lipinski definition) is 3. The van der Waals surface area contributed by atoms with Gasteiger partial charge < -0.3 is 20.1 Å². The zero-order valence-corrected chi connectivity index (χ0v) is 16.7. The van der Waals surface area contributed by atoms with E-state index in [1.165, 1.54) is 64.2 Å². The van der Waals surface area contributed by atoms with Crippen molar-refractivity contribution in [3.05, 3.63) is 12.1 Å². The van der Waals surface area contributed by atoms with Crippen LogP contribution in [-0.4, -0.2) is 21.3 Å². The van der Waals surface area contributed by atoms with Gasteiger partial charge in [0.2, 0.25) is 5.75 Å². The van der Waals surface area contributed by atoms with Crippen molar-refractivity contribution in [1.29, 1.82) is 0 Å². The first-order valence-corrected chi connectivity index (χ1v) is 10.5. The van der Waals surface area contributed by atoms with Crippen molar-refractivity contribution in [3.8, 4) is 23.0 Å². The second-order valence-corrected chi connectivity index (χ2v) is 7.28. The van der Waals surface area contributed by atoms with Crippen LogP contribution < -0.4 is 4.74 Å². The molecule has 1 aromatic carbocycles. The van der Waals surface area contributed by atoms with Gasteiger partial charge in [-0.2, -0.15) is 0 Å². The molecule has 0 atom stereocenters. The average Bonchev–Trinajstić information content (AvgIpc) is 2.63. The SMILES string of the molecule is CCCCCCCCCCCCCCCC(=O)Oc1cc(O)c(O)c(O)c1. The summed E-state index contributed by atoms with van der Waals surface area (Å²) in [6, 6.07) is 2.22. The van der Waals surface area contributed by atoms with E-state index in [0.717, 1.165) is 31.4 Å². The fraction of sp³-hybridized carbons (Fsp3) is 0.682. The molecular weight excluding hydrogens is 344 g/mol. The highest BCUT2D eigenvalue weighted by Crippen LogP contribution is 2.38. The molecule has 0 spiro atoms. The lowest BCUT2D eigenvalue weighted by atomic mass is 10.0. The van der Waals surface area contributed by atoms with E-state index in [2.05, 4.69) is 6.92 Å². The molecule has 1 rings (SSSR count). The highest BCUT2D eigenvalue weighted by atomic mass is 16.5. The number of benzene rings is 1. The van der Waals surface area contributed by atoms with Crippen LogP contribution in [0.2, 0.25) is 0 Å². The summed E-state index contributed by atoms with van der Waals surface area (Å²) in [6.07, 6.45) is 16.5. The topological polar surface area (TPSA) is 87.0 Å². The Morgan fingerprint density at radius 1 is 0.741 bits per heavy atom. The summed E-state index contributed by atoms with van der Waals surface area (Å²) in [5.74, 6) is -2.02. The lowest BCUT2D eigenvalue weighted by Crippen LogP contribution is -2.07. The lowest BCUT2D eigenvalue weighted by molar-refractivity contribution is -0.134. The fourth-order valence-corrected chi connectivity index (χ4v) is 3.11. The van der Waals surface area contributed by atoms with E-state index >= 15 is 0 Å². The second-order valence-electron chi connectivity index (χ2n) is 7.28. The molecule has 0 aliphatic rings.